The average molecular weight is 299 g/mol. The van der Waals surface area contributed by atoms with Gasteiger partial charge in [-0.3, -0.25) is 0 Å². The summed E-state index contributed by atoms with van der Waals surface area (Å²) < 4.78 is 32.1. The molecule has 1 fully saturated rings. The second kappa shape index (κ2) is 7.12. The summed E-state index contributed by atoms with van der Waals surface area (Å²) in [6, 6.07) is 3.29. The van der Waals surface area contributed by atoms with Crippen LogP contribution < -0.4 is 10.0 Å². The zero-order valence-corrected chi connectivity index (χ0v) is 12.4. The van der Waals surface area contributed by atoms with Crippen molar-refractivity contribution in [2.24, 2.45) is 0 Å². The lowest BCUT2D eigenvalue weighted by Gasteiger charge is -2.10. The first-order valence-electron chi connectivity index (χ1n) is 6.82. The van der Waals surface area contributed by atoms with Gasteiger partial charge in [-0.2, -0.15) is 0 Å². The molecule has 7 heteroatoms. The van der Waals surface area contributed by atoms with Crippen molar-refractivity contribution in [1.29, 1.82) is 0 Å². The van der Waals surface area contributed by atoms with Crippen LogP contribution in [0.25, 0.3) is 0 Å². The minimum Gasteiger partial charge on any atom is -0.378 e. The molecule has 1 unspecified atom stereocenters. The predicted octanol–water partition coefficient (Wildman–Crippen LogP) is 0.648. The Morgan fingerprint density at radius 3 is 2.90 bits per heavy atom. The third-order valence-corrected chi connectivity index (χ3v) is 4.61. The number of nitrogens with one attached hydrogen (secondary N) is 2. The van der Waals surface area contributed by atoms with Gasteiger partial charge in [-0.15, -0.1) is 0 Å². The number of hydrogen-bond donors (Lipinski definition) is 2. The van der Waals surface area contributed by atoms with E-state index < -0.39 is 10.0 Å². The molecular formula is C13H21N3O3S. The van der Waals surface area contributed by atoms with Crippen LogP contribution in [0.5, 0.6) is 0 Å². The third-order valence-electron chi connectivity index (χ3n) is 3.24. The van der Waals surface area contributed by atoms with E-state index in [1.165, 1.54) is 6.07 Å². The Bertz CT molecular complexity index is 510. The maximum Gasteiger partial charge on any atom is 0.258 e. The molecule has 1 aromatic heterocycles. The molecule has 2 N–H and O–H groups in total. The van der Waals surface area contributed by atoms with Crippen LogP contribution in [0.4, 0.5) is 0 Å². The second-order valence-corrected chi connectivity index (χ2v) is 6.57. The van der Waals surface area contributed by atoms with E-state index in [2.05, 4.69) is 15.0 Å². The molecule has 2 rings (SSSR count). The highest BCUT2D eigenvalue weighted by atomic mass is 32.2. The standard InChI is InChI=1S/C13H21N3O3S/c1-14-9-11-4-5-13(15-10-11)20(17,18)16-7-6-12-3-2-8-19-12/h4-5,10,12,14,16H,2-3,6-9H2,1H3. The molecule has 1 saturated heterocycles. The number of hydrogen-bond acceptors (Lipinski definition) is 5. The summed E-state index contributed by atoms with van der Waals surface area (Å²) in [4.78, 5) is 4.00. The van der Waals surface area contributed by atoms with Crippen LogP contribution in [-0.2, 0) is 21.3 Å². The summed E-state index contributed by atoms with van der Waals surface area (Å²) in [7, 11) is -1.69. The monoisotopic (exact) mass is 299 g/mol. The van der Waals surface area contributed by atoms with Crippen LogP contribution >= 0.6 is 0 Å². The molecule has 112 valence electrons. The summed E-state index contributed by atoms with van der Waals surface area (Å²) in [5.41, 5.74) is 0.950. The van der Waals surface area contributed by atoms with Crippen molar-refractivity contribution in [2.45, 2.75) is 36.9 Å². The Morgan fingerprint density at radius 1 is 1.45 bits per heavy atom. The molecule has 0 amide bonds. The first-order chi connectivity index (χ1) is 9.62. The summed E-state index contributed by atoms with van der Waals surface area (Å²) in [6.45, 7) is 1.83. The predicted molar refractivity (Wildman–Crippen MR) is 75.8 cm³/mol. The number of pyridine rings is 1. The highest BCUT2D eigenvalue weighted by molar-refractivity contribution is 7.89. The number of ether oxygens (including phenoxy) is 1. The van der Waals surface area contributed by atoms with Crippen LogP contribution in [-0.4, -0.2) is 39.7 Å². The van der Waals surface area contributed by atoms with Gasteiger partial charge in [0.1, 0.15) is 0 Å². The summed E-state index contributed by atoms with van der Waals surface area (Å²) in [6.07, 6.45) is 4.54. The normalized spacial score (nSPS) is 19.4. The Kier molecular flexibility index (Phi) is 5.47. The number of aromatic nitrogens is 1. The van der Waals surface area contributed by atoms with Gasteiger partial charge < -0.3 is 10.1 Å². The third kappa shape index (κ3) is 4.24. The molecule has 0 aliphatic carbocycles. The number of sulfonamides is 1. The van der Waals surface area contributed by atoms with Gasteiger partial charge in [-0.25, -0.2) is 18.1 Å². The van der Waals surface area contributed by atoms with Crippen molar-refractivity contribution in [3.8, 4) is 0 Å². The molecule has 6 nitrogen and oxygen atoms in total. The SMILES string of the molecule is CNCc1ccc(S(=O)(=O)NCCC2CCCO2)nc1. The van der Waals surface area contributed by atoms with Gasteiger partial charge in [-0.05, 0) is 37.9 Å². The lowest BCUT2D eigenvalue weighted by molar-refractivity contribution is 0.105. The molecule has 2 heterocycles. The first-order valence-corrected chi connectivity index (χ1v) is 8.31. The van der Waals surface area contributed by atoms with Crippen LogP contribution in [0.15, 0.2) is 23.4 Å². The lowest BCUT2D eigenvalue weighted by Crippen LogP contribution is -2.28. The molecule has 0 saturated carbocycles. The van der Waals surface area contributed by atoms with Crippen LogP contribution in [0.3, 0.4) is 0 Å². The summed E-state index contributed by atoms with van der Waals surface area (Å²) in [5, 5.41) is 3.05. The van der Waals surface area contributed by atoms with E-state index in [1.807, 2.05) is 7.05 Å². The highest BCUT2D eigenvalue weighted by Gasteiger charge is 2.18. The van der Waals surface area contributed by atoms with E-state index >= 15 is 0 Å². The molecule has 1 atom stereocenters. The Hall–Kier alpha value is -1.02. The van der Waals surface area contributed by atoms with Gasteiger partial charge in [0.05, 0.1) is 6.10 Å². The summed E-state index contributed by atoms with van der Waals surface area (Å²) >= 11 is 0. The van der Waals surface area contributed by atoms with Gasteiger partial charge in [0, 0.05) is 25.9 Å². The van der Waals surface area contributed by atoms with Crippen molar-refractivity contribution in [3.63, 3.8) is 0 Å². The smallest absolute Gasteiger partial charge is 0.258 e. The van der Waals surface area contributed by atoms with Crippen molar-refractivity contribution in [3.05, 3.63) is 23.9 Å². The van der Waals surface area contributed by atoms with Crippen molar-refractivity contribution in [2.75, 3.05) is 20.2 Å². The molecular weight excluding hydrogens is 278 g/mol. The first kappa shape index (κ1) is 15.4. The Balaban J connectivity index is 1.88. The zero-order valence-electron chi connectivity index (χ0n) is 11.6. The van der Waals surface area contributed by atoms with E-state index in [1.54, 1.807) is 12.3 Å². The maximum absolute atomic E-state index is 12.0. The lowest BCUT2D eigenvalue weighted by atomic mass is 10.2. The topological polar surface area (TPSA) is 80.3 Å². The average Bonchev–Trinajstić information content (AvgIpc) is 2.93. The van der Waals surface area contributed by atoms with E-state index in [4.69, 9.17) is 4.74 Å². The van der Waals surface area contributed by atoms with Crippen molar-refractivity contribution < 1.29 is 13.2 Å². The van der Waals surface area contributed by atoms with Gasteiger partial charge in [-0.1, -0.05) is 6.07 Å². The molecule has 0 bridgehead atoms. The van der Waals surface area contributed by atoms with E-state index in [9.17, 15) is 8.42 Å². The molecule has 1 aliphatic heterocycles. The van der Waals surface area contributed by atoms with Crippen molar-refractivity contribution in [1.82, 2.24) is 15.0 Å². The fraction of sp³-hybridized carbons (Fsp3) is 0.615. The molecule has 20 heavy (non-hydrogen) atoms. The summed E-state index contributed by atoms with van der Waals surface area (Å²) in [5.74, 6) is 0. The fourth-order valence-electron chi connectivity index (χ4n) is 2.18. The van der Waals surface area contributed by atoms with Crippen LogP contribution in [0, 0.1) is 0 Å². The second-order valence-electron chi connectivity index (χ2n) is 4.86. The van der Waals surface area contributed by atoms with Gasteiger partial charge >= 0.3 is 0 Å². The zero-order chi connectivity index (χ0) is 14.4. The maximum atomic E-state index is 12.0. The number of nitrogens with zero attached hydrogens (tertiary/aromatic N) is 1. The Morgan fingerprint density at radius 2 is 2.30 bits per heavy atom. The van der Waals surface area contributed by atoms with Crippen LogP contribution in [0.1, 0.15) is 24.8 Å². The molecule has 1 aromatic rings. The highest BCUT2D eigenvalue weighted by Crippen LogP contribution is 2.15. The van der Waals surface area contributed by atoms with Gasteiger partial charge in [0.25, 0.3) is 10.0 Å². The van der Waals surface area contributed by atoms with Gasteiger partial charge in [0.15, 0.2) is 5.03 Å². The van der Waals surface area contributed by atoms with E-state index in [0.29, 0.717) is 19.5 Å². The molecule has 0 spiro atoms. The minimum absolute atomic E-state index is 0.0599. The van der Waals surface area contributed by atoms with Gasteiger partial charge in [0.2, 0.25) is 0 Å². The minimum atomic E-state index is -3.52. The van der Waals surface area contributed by atoms with Crippen LogP contribution in [0.2, 0.25) is 0 Å². The molecule has 0 aromatic carbocycles. The Labute approximate surface area is 120 Å². The quantitative estimate of drug-likeness (QED) is 0.772. The fourth-order valence-corrected chi connectivity index (χ4v) is 3.15. The largest absolute Gasteiger partial charge is 0.378 e. The molecule has 0 radical (unpaired) electrons. The number of rotatable bonds is 7. The van der Waals surface area contributed by atoms with E-state index in [-0.39, 0.29) is 11.1 Å². The van der Waals surface area contributed by atoms with E-state index in [0.717, 1.165) is 25.0 Å². The van der Waals surface area contributed by atoms with Crippen molar-refractivity contribution >= 4 is 10.0 Å². The molecule has 1 aliphatic rings.